The van der Waals surface area contributed by atoms with Gasteiger partial charge in [0.15, 0.2) is 0 Å². The lowest BCUT2D eigenvalue weighted by atomic mass is 10.1. The van der Waals surface area contributed by atoms with Gasteiger partial charge in [0, 0.05) is 17.7 Å². The number of unbranched alkanes of at least 4 members (excludes halogenated alkanes) is 7. The largest absolute Gasteiger partial charge is 0.478 e. The first-order valence-electron chi connectivity index (χ1n) is 11.2. The van der Waals surface area contributed by atoms with E-state index in [9.17, 15) is 18.4 Å². The highest BCUT2D eigenvalue weighted by atomic mass is 79.9. The quantitative estimate of drug-likeness (QED) is 0.284. The lowest BCUT2D eigenvalue weighted by Crippen LogP contribution is -2.24. The lowest BCUT2D eigenvalue weighted by Gasteiger charge is -2.12. The van der Waals surface area contributed by atoms with Gasteiger partial charge in [-0.15, -0.1) is 0 Å². The van der Waals surface area contributed by atoms with Crippen molar-refractivity contribution >= 4 is 33.3 Å². The second-order valence-corrected chi connectivity index (χ2v) is 8.70. The summed E-state index contributed by atoms with van der Waals surface area (Å²) >= 11 is 3.07. The summed E-state index contributed by atoms with van der Waals surface area (Å²) in [5.74, 6) is -3.45. The van der Waals surface area contributed by atoms with Crippen LogP contribution in [0.3, 0.4) is 0 Å². The fraction of sp³-hybridized carbons (Fsp3) is 0.500. The molecule has 0 unspecified atom stereocenters. The molecule has 0 aliphatic rings. The Kier molecular flexibility index (Phi) is 13.6. The Morgan fingerprint density at radius 3 is 2.24 bits per heavy atom. The minimum atomic E-state index is -1.44. The Bertz CT molecular complexity index is 941. The van der Waals surface area contributed by atoms with Crippen LogP contribution in [0.4, 0.5) is 20.2 Å². The third-order valence-electron chi connectivity index (χ3n) is 5.02. The number of pyridine rings is 1. The number of nitrogens with zero attached hydrogens (tertiary/aromatic N) is 1. The van der Waals surface area contributed by atoms with Crippen LogP contribution in [0.1, 0.15) is 68.6 Å². The van der Waals surface area contributed by atoms with Crippen molar-refractivity contribution in [1.29, 1.82) is 0 Å². The number of carboxylic acid groups (broad SMARTS) is 1. The molecule has 0 aliphatic heterocycles. The monoisotopic (exact) mass is 529 g/mol. The van der Waals surface area contributed by atoms with Gasteiger partial charge >= 0.3 is 5.97 Å². The van der Waals surface area contributed by atoms with E-state index in [1.807, 2.05) is 7.05 Å². The number of rotatable bonds is 12. The van der Waals surface area contributed by atoms with Crippen LogP contribution in [-0.4, -0.2) is 29.2 Å². The molecule has 0 saturated carbocycles. The molecule has 1 aromatic carbocycles. The molecule has 2 rings (SSSR count). The second kappa shape index (κ2) is 15.6. The topological polar surface area (TPSA) is 83.4 Å². The molecule has 0 saturated heterocycles. The van der Waals surface area contributed by atoms with Gasteiger partial charge in [0.2, 0.25) is 5.82 Å². The SMILES string of the molecule is CCCCCCCCCCNC.Cn1cc(C(=O)O)c(Nc2ccc(Br)cc2F)c(F)c1=O. The maximum atomic E-state index is 14.0. The number of halogens is 3. The molecule has 0 amide bonds. The van der Waals surface area contributed by atoms with Crippen LogP contribution in [0.15, 0.2) is 33.7 Å². The number of carboxylic acids is 1. The Hall–Kier alpha value is -2.26. The predicted octanol–water partition coefficient (Wildman–Crippen LogP) is 6.21. The summed E-state index contributed by atoms with van der Waals surface area (Å²) in [4.78, 5) is 22.7. The Labute approximate surface area is 202 Å². The zero-order chi connectivity index (χ0) is 24.8. The summed E-state index contributed by atoms with van der Waals surface area (Å²) in [6, 6.07) is 3.91. The highest BCUT2D eigenvalue weighted by Crippen LogP contribution is 2.26. The molecule has 1 heterocycles. The molecule has 9 heteroatoms. The van der Waals surface area contributed by atoms with Gasteiger partial charge in [-0.25, -0.2) is 9.18 Å². The number of aromatic carboxylic acids is 1. The van der Waals surface area contributed by atoms with Gasteiger partial charge < -0.3 is 20.3 Å². The molecule has 1 aromatic heterocycles. The van der Waals surface area contributed by atoms with Crippen LogP contribution in [0.5, 0.6) is 0 Å². The first-order valence-corrected chi connectivity index (χ1v) is 12.0. The first-order chi connectivity index (χ1) is 15.7. The van der Waals surface area contributed by atoms with Crippen molar-refractivity contribution in [3.8, 4) is 0 Å². The number of anilines is 2. The maximum Gasteiger partial charge on any atom is 0.339 e. The van der Waals surface area contributed by atoms with Gasteiger partial charge in [-0.1, -0.05) is 67.8 Å². The number of hydrogen-bond acceptors (Lipinski definition) is 4. The number of aryl methyl sites for hydroxylation is 1. The summed E-state index contributed by atoms with van der Waals surface area (Å²) in [5.41, 5.74) is -2.21. The Morgan fingerprint density at radius 2 is 1.70 bits per heavy atom. The van der Waals surface area contributed by atoms with E-state index in [1.165, 1.54) is 77.1 Å². The van der Waals surface area contributed by atoms with Crippen LogP contribution in [0.25, 0.3) is 0 Å². The van der Waals surface area contributed by atoms with E-state index >= 15 is 0 Å². The maximum absolute atomic E-state index is 14.0. The van der Waals surface area contributed by atoms with Crippen LogP contribution < -0.4 is 16.2 Å². The van der Waals surface area contributed by atoms with E-state index in [-0.39, 0.29) is 5.69 Å². The van der Waals surface area contributed by atoms with Crippen molar-refractivity contribution in [1.82, 2.24) is 9.88 Å². The van der Waals surface area contributed by atoms with Gasteiger partial charge in [0.1, 0.15) is 11.4 Å². The van der Waals surface area contributed by atoms with Crippen molar-refractivity contribution in [2.45, 2.75) is 58.3 Å². The van der Waals surface area contributed by atoms with Crippen LogP contribution in [0, 0.1) is 11.6 Å². The lowest BCUT2D eigenvalue weighted by molar-refractivity contribution is 0.0696. The van der Waals surface area contributed by atoms with Crippen LogP contribution >= 0.6 is 15.9 Å². The first kappa shape index (κ1) is 28.8. The summed E-state index contributed by atoms with van der Waals surface area (Å²) in [7, 11) is 3.25. The summed E-state index contributed by atoms with van der Waals surface area (Å²) in [5, 5.41) is 14.6. The Balaban J connectivity index is 0.000000389. The molecular weight excluding hydrogens is 496 g/mol. The molecule has 0 aliphatic carbocycles. The fourth-order valence-corrected chi connectivity index (χ4v) is 3.48. The average Bonchev–Trinajstić information content (AvgIpc) is 2.77. The number of benzene rings is 1. The second-order valence-electron chi connectivity index (χ2n) is 7.78. The van der Waals surface area contributed by atoms with E-state index in [4.69, 9.17) is 5.11 Å². The number of aromatic nitrogens is 1. The third-order valence-corrected chi connectivity index (χ3v) is 5.51. The molecule has 0 radical (unpaired) electrons. The average molecular weight is 530 g/mol. The molecule has 0 bridgehead atoms. The molecule has 33 heavy (non-hydrogen) atoms. The predicted molar refractivity (Wildman–Crippen MR) is 133 cm³/mol. The van der Waals surface area contributed by atoms with E-state index in [0.29, 0.717) is 4.47 Å². The normalized spacial score (nSPS) is 10.5. The molecule has 2 aromatic rings. The Morgan fingerprint density at radius 1 is 1.09 bits per heavy atom. The van der Waals surface area contributed by atoms with Gasteiger partial charge in [-0.05, 0) is 38.2 Å². The van der Waals surface area contributed by atoms with E-state index in [2.05, 4.69) is 33.5 Å². The summed E-state index contributed by atoms with van der Waals surface area (Å²) in [6.07, 6.45) is 12.3. The van der Waals surface area contributed by atoms with Gasteiger partial charge in [-0.3, -0.25) is 4.79 Å². The van der Waals surface area contributed by atoms with Crippen molar-refractivity contribution in [3.63, 3.8) is 0 Å². The van der Waals surface area contributed by atoms with Crippen molar-refractivity contribution in [2.75, 3.05) is 18.9 Å². The van der Waals surface area contributed by atoms with E-state index in [1.54, 1.807) is 0 Å². The standard InChI is InChI=1S/C13H9BrF2N2O3.C11H25N/c1-18-5-7(13(20)21)11(10(16)12(18)19)17-9-3-2-6(14)4-8(9)15;1-3-4-5-6-7-8-9-10-11-12-2/h2-5,17H,1H3,(H,20,21);12H,3-11H2,1-2H3. The molecule has 6 nitrogen and oxygen atoms in total. The highest BCUT2D eigenvalue weighted by molar-refractivity contribution is 9.10. The number of nitrogens with one attached hydrogen (secondary N) is 2. The van der Waals surface area contributed by atoms with Crippen molar-refractivity contribution in [2.24, 2.45) is 7.05 Å². The zero-order valence-corrected chi connectivity index (χ0v) is 21.1. The van der Waals surface area contributed by atoms with Crippen molar-refractivity contribution < 1.29 is 18.7 Å². The highest BCUT2D eigenvalue weighted by Gasteiger charge is 2.20. The van der Waals surface area contributed by atoms with Crippen LogP contribution in [-0.2, 0) is 7.05 Å². The molecule has 0 fully saturated rings. The minimum Gasteiger partial charge on any atom is -0.478 e. The summed E-state index contributed by atoms with van der Waals surface area (Å²) in [6.45, 7) is 3.46. The van der Waals surface area contributed by atoms with E-state index < -0.39 is 34.4 Å². The van der Waals surface area contributed by atoms with Gasteiger partial charge in [0.05, 0.1) is 11.4 Å². The third kappa shape index (κ3) is 10.0. The molecule has 0 atom stereocenters. The van der Waals surface area contributed by atoms with E-state index in [0.717, 1.165) is 16.8 Å². The molecular formula is C24H34BrF2N3O3. The zero-order valence-electron chi connectivity index (χ0n) is 19.5. The smallest absolute Gasteiger partial charge is 0.339 e. The minimum absolute atomic E-state index is 0.146. The molecule has 184 valence electrons. The molecule has 3 N–H and O–H groups in total. The van der Waals surface area contributed by atoms with Gasteiger partial charge in [-0.2, -0.15) is 4.39 Å². The number of carbonyl (C=O) groups is 1. The van der Waals surface area contributed by atoms with Gasteiger partial charge in [0.25, 0.3) is 5.56 Å². The number of hydrogen-bond donors (Lipinski definition) is 3. The van der Waals surface area contributed by atoms with Crippen molar-refractivity contribution in [3.05, 3.63) is 56.4 Å². The van der Waals surface area contributed by atoms with Crippen LogP contribution in [0.2, 0.25) is 0 Å². The molecule has 0 spiro atoms. The fourth-order valence-electron chi connectivity index (χ4n) is 3.14. The summed E-state index contributed by atoms with van der Waals surface area (Å²) < 4.78 is 29.0.